The maximum atomic E-state index is 11.0. The van der Waals surface area contributed by atoms with Crippen LogP contribution in [0.1, 0.15) is 43.2 Å². The van der Waals surface area contributed by atoms with Gasteiger partial charge in [-0.3, -0.25) is 4.18 Å². The fraction of sp³-hybridized carbons (Fsp3) is 0.440. The van der Waals surface area contributed by atoms with Crippen LogP contribution in [0.2, 0.25) is 0 Å². The third-order valence-corrected chi connectivity index (χ3v) is 6.21. The second-order valence-electron chi connectivity index (χ2n) is 8.19. The van der Waals surface area contributed by atoms with Crippen LogP contribution in [-0.4, -0.2) is 27.9 Å². The lowest BCUT2D eigenvalue weighted by molar-refractivity contribution is 0.216. The zero-order chi connectivity index (χ0) is 21.3. The maximum absolute atomic E-state index is 11.0. The molecule has 0 amide bonds. The highest BCUT2D eigenvalue weighted by atomic mass is 32.2. The number of benzene rings is 2. The Morgan fingerprint density at radius 3 is 2.40 bits per heavy atom. The number of rotatable bonds is 11. The number of allylic oxidation sites excluding steroid dienone is 2. The van der Waals surface area contributed by atoms with E-state index < -0.39 is 10.1 Å². The summed E-state index contributed by atoms with van der Waals surface area (Å²) in [5.41, 5.74) is 2.71. The van der Waals surface area contributed by atoms with E-state index >= 15 is 0 Å². The van der Waals surface area contributed by atoms with Crippen LogP contribution in [0.15, 0.2) is 66.7 Å². The average Bonchev–Trinajstić information content (AvgIpc) is 2.73. The predicted molar refractivity (Wildman–Crippen MR) is 121 cm³/mol. The van der Waals surface area contributed by atoms with Crippen LogP contribution in [0.3, 0.4) is 0 Å². The molecule has 1 atom stereocenters. The monoisotopic (exact) mass is 428 g/mol. The molecule has 2 aromatic carbocycles. The molecule has 0 radical (unpaired) electrons. The van der Waals surface area contributed by atoms with Gasteiger partial charge in [0.1, 0.15) is 5.75 Å². The Hall–Kier alpha value is -2.11. The van der Waals surface area contributed by atoms with Crippen LogP contribution in [0.25, 0.3) is 0 Å². The lowest BCUT2D eigenvalue weighted by Crippen LogP contribution is -2.26. The third-order valence-electron chi connectivity index (χ3n) is 5.62. The molecule has 0 bridgehead atoms. The Morgan fingerprint density at radius 1 is 0.967 bits per heavy atom. The molecule has 0 N–H and O–H groups in total. The summed E-state index contributed by atoms with van der Waals surface area (Å²) in [5, 5.41) is 0. The van der Waals surface area contributed by atoms with E-state index in [0.29, 0.717) is 13.0 Å². The fourth-order valence-electron chi connectivity index (χ4n) is 4.05. The van der Waals surface area contributed by atoms with Crippen molar-refractivity contribution in [3.63, 3.8) is 0 Å². The maximum Gasteiger partial charge on any atom is 0.264 e. The normalized spacial score (nSPS) is 19.0. The first-order chi connectivity index (χ1) is 14.4. The van der Waals surface area contributed by atoms with Crippen LogP contribution in [-0.2, 0) is 27.1 Å². The minimum Gasteiger partial charge on any atom is -0.494 e. The number of aryl methyl sites for hydroxylation is 1. The van der Waals surface area contributed by atoms with Gasteiger partial charge in [0.25, 0.3) is 10.1 Å². The van der Waals surface area contributed by atoms with E-state index in [1.54, 1.807) is 0 Å². The Bertz CT molecular complexity index is 904. The summed E-state index contributed by atoms with van der Waals surface area (Å²) in [4.78, 5) is 0. The van der Waals surface area contributed by atoms with Crippen molar-refractivity contribution in [3.05, 3.63) is 77.9 Å². The van der Waals surface area contributed by atoms with E-state index in [9.17, 15) is 8.42 Å². The molecule has 0 aromatic heterocycles. The van der Waals surface area contributed by atoms with Crippen molar-refractivity contribution in [2.24, 2.45) is 5.41 Å². The van der Waals surface area contributed by atoms with Crippen LogP contribution < -0.4 is 4.74 Å². The molecule has 1 unspecified atom stereocenters. The van der Waals surface area contributed by atoms with Gasteiger partial charge in [-0.05, 0) is 73.6 Å². The SMILES string of the molecule is CS(=O)(=O)OCCCc1ccc(OCCC2(Cc3ccccc3)C=CCCC2)cc1. The number of ether oxygens (including phenoxy) is 1. The summed E-state index contributed by atoms with van der Waals surface area (Å²) in [5.74, 6) is 0.876. The molecule has 1 aliphatic carbocycles. The Morgan fingerprint density at radius 2 is 1.73 bits per heavy atom. The van der Waals surface area contributed by atoms with Crippen molar-refractivity contribution in [1.82, 2.24) is 0 Å². The van der Waals surface area contributed by atoms with Gasteiger partial charge >= 0.3 is 0 Å². The van der Waals surface area contributed by atoms with E-state index in [1.165, 1.54) is 24.8 Å². The first kappa shape index (κ1) is 22.6. The van der Waals surface area contributed by atoms with Gasteiger partial charge in [0, 0.05) is 0 Å². The lowest BCUT2D eigenvalue weighted by atomic mass is 9.72. The van der Waals surface area contributed by atoms with Crippen LogP contribution in [0.5, 0.6) is 5.75 Å². The van der Waals surface area contributed by atoms with E-state index in [2.05, 4.69) is 42.5 Å². The summed E-state index contributed by atoms with van der Waals surface area (Å²) < 4.78 is 32.8. The molecule has 30 heavy (non-hydrogen) atoms. The molecule has 1 aliphatic rings. The molecule has 0 aliphatic heterocycles. The van der Waals surface area contributed by atoms with Gasteiger partial charge in [-0.1, -0.05) is 54.6 Å². The summed E-state index contributed by atoms with van der Waals surface area (Å²) in [7, 11) is -3.35. The molecule has 0 saturated heterocycles. The van der Waals surface area contributed by atoms with Gasteiger partial charge in [0.2, 0.25) is 0 Å². The predicted octanol–water partition coefficient (Wildman–Crippen LogP) is 5.33. The minimum absolute atomic E-state index is 0.180. The first-order valence-corrected chi connectivity index (χ1v) is 12.5. The molecule has 4 nitrogen and oxygen atoms in total. The van der Waals surface area contributed by atoms with Gasteiger partial charge in [0.15, 0.2) is 0 Å². The molecule has 162 valence electrons. The average molecular weight is 429 g/mol. The van der Waals surface area contributed by atoms with E-state index in [0.717, 1.165) is 36.8 Å². The standard InChI is InChI=1S/C25H32O4S/c1-30(26,27)29-19-8-11-22-12-14-24(15-13-22)28-20-18-25(16-6-3-7-17-25)21-23-9-4-2-5-10-23/h2,4-6,9-10,12-16H,3,7-8,11,17-21H2,1H3. The minimum atomic E-state index is -3.35. The zero-order valence-electron chi connectivity index (χ0n) is 17.8. The highest BCUT2D eigenvalue weighted by Crippen LogP contribution is 2.38. The quantitative estimate of drug-likeness (QED) is 0.276. The molecule has 2 aromatic rings. The van der Waals surface area contributed by atoms with Crippen molar-refractivity contribution in [2.75, 3.05) is 19.5 Å². The molecular formula is C25H32O4S. The van der Waals surface area contributed by atoms with E-state index in [4.69, 9.17) is 8.92 Å². The molecule has 0 heterocycles. The largest absolute Gasteiger partial charge is 0.494 e. The van der Waals surface area contributed by atoms with Gasteiger partial charge in [-0.15, -0.1) is 0 Å². The fourth-order valence-corrected chi connectivity index (χ4v) is 4.47. The van der Waals surface area contributed by atoms with Gasteiger partial charge in [-0.2, -0.15) is 8.42 Å². The topological polar surface area (TPSA) is 52.6 Å². The smallest absolute Gasteiger partial charge is 0.264 e. The van der Waals surface area contributed by atoms with E-state index in [-0.39, 0.29) is 12.0 Å². The second kappa shape index (κ2) is 10.8. The Balaban J connectivity index is 1.48. The summed E-state index contributed by atoms with van der Waals surface area (Å²) >= 11 is 0. The van der Waals surface area contributed by atoms with Crippen molar-refractivity contribution in [3.8, 4) is 5.75 Å². The molecular weight excluding hydrogens is 396 g/mol. The molecule has 0 saturated carbocycles. The number of hydrogen-bond donors (Lipinski definition) is 0. The molecule has 3 rings (SSSR count). The van der Waals surface area contributed by atoms with Crippen LogP contribution in [0.4, 0.5) is 0 Å². The summed E-state index contributed by atoms with van der Waals surface area (Å²) in [6.07, 6.45) is 12.9. The zero-order valence-corrected chi connectivity index (χ0v) is 18.6. The summed E-state index contributed by atoms with van der Waals surface area (Å²) in [6, 6.07) is 18.8. The Labute approximate surface area is 181 Å². The molecule has 5 heteroatoms. The highest BCUT2D eigenvalue weighted by molar-refractivity contribution is 7.85. The van der Waals surface area contributed by atoms with Crippen molar-refractivity contribution in [2.45, 2.75) is 44.9 Å². The van der Waals surface area contributed by atoms with Gasteiger partial charge in [-0.25, -0.2) is 0 Å². The van der Waals surface area contributed by atoms with Crippen molar-refractivity contribution >= 4 is 10.1 Å². The second-order valence-corrected chi connectivity index (χ2v) is 9.84. The molecule has 0 fully saturated rings. The molecule has 0 spiro atoms. The third kappa shape index (κ3) is 7.62. The summed E-state index contributed by atoms with van der Waals surface area (Å²) in [6.45, 7) is 0.910. The van der Waals surface area contributed by atoms with Crippen LogP contribution >= 0.6 is 0 Å². The van der Waals surface area contributed by atoms with Gasteiger partial charge < -0.3 is 4.74 Å². The van der Waals surface area contributed by atoms with Crippen molar-refractivity contribution in [1.29, 1.82) is 0 Å². The highest BCUT2D eigenvalue weighted by Gasteiger charge is 2.28. The van der Waals surface area contributed by atoms with Crippen molar-refractivity contribution < 1.29 is 17.3 Å². The van der Waals surface area contributed by atoms with Crippen LogP contribution in [0, 0.1) is 5.41 Å². The first-order valence-electron chi connectivity index (χ1n) is 10.7. The van der Waals surface area contributed by atoms with Gasteiger partial charge in [0.05, 0.1) is 19.5 Å². The Kier molecular flexibility index (Phi) is 8.11. The lowest BCUT2D eigenvalue weighted by Gasteiger charge is -2.33. The number of hydrogen-bond acceptors (Lipinski definition) is 4. The van der Waals surface area contributed by atoms with E-state index in [1.807, 2.05) is 24.3 Å².